The van der Waals surface area contributed by atoms with Crippen LogP contribution in [-0.2, 0) is 20.0 Å². The Labute approximate surface area is 123 Å². The van der Waals surface area contributed by atoms with Crippen molar-refractivity contribution in [2.45, 2.75) is 13.0 Å². The van der Waals surface area contributed by atoms with Crippen molar-refractivity contribution in [2.24, 2.45) is 7.05 Å². The Balaban J connectivity index is 1.60. The lowest BCUT2D eigenvalue weighted by molar-refractivity contribution is 0.329. The van der Waals surface area contributed by atoms with Gasteiger partial charge in [-0.15, -0.1) is 0 Å². The molecule has 0 aliphatic rings. The molecular formula is C15H20N6. The average molecular weight is 284 g/mol. The van der Waals surface area contributed by atoms with Crippen molar-refractivity contribution in [3.8, 4) is 0 Å². The van der Waals surface area contributed by atoms with Gasteiger partial charge in [-0.2, -0.15) is 5.10 Å². The van der Waals surface area contributed by atoms with Crippen molar-refractivity contribution < 1.29 is 0 Å². The summed E-state index contributed by atoms with van der Waals surface area (Å²) in [7, 11) is 4.04. The lowest BCUT2D eigenvalue weighted by Crippen LogP contribution is -2.20. The maximum Gasteiger partial charge on any atom is 0.108 e. The second kappa shape index (κ2) is 5.57. The molecule has 0 bridgehead atoms. The van der Waals surface area contributed by atoms with Gasteiger partial charge < -0.3 is 15.6 Å². The molecule has 2 heterocycles. The summed E-state index contributed by atoms with van der Waals surface area (Å²) in [5.41, 5.74) is 9.72. The largest absolute Gasteiger partial charge is 0.399 e. The van der Waals surface area contributed by atoms with Crippen LogP contribution in [0.3, 0.4) is 0 Å². The van der Waals surface area contributed by atoms with E-state index in [-0.39, 0.29) is 0 Å². The third-order valence-electron chi connectivity index (χ3n) is 3.50. The molecule has 0 saturated carbocycles. The topological polar surface area (TPSA) is 75.8 Å². The summed E-state index contributed by atoms with van der Waals surface area (Å²) in [5.74, 6) is 0.994. The third-order valence-corrected chi connectivity index (χ3v) is 3.50. The predicted octanol–water partition coefficient (Wildman–Crippen LogP) is 1.55. The maximum atomic E-state index is 5.78. The molecule has 1 aromatic carbocycles. The molecule has 0 fully saturated rings. The van der Waals surface area contributed by atoms with Crippen LogP contribution in [0.5, 0.6) is 0 Å². The molecule has 110 valence electrons. The molecule has 6 nitrogen and oxygen atoms in total. The van der Waals surface area contributed by atoms with Gasteiger partial charge in [0, 0.05) is 44.0 Å². The zero-order chi connectivity index (χ0) is 14.8. The highest BCUT2D eigenvalue weighted by atomic mass is 15.2. The van der Waals surface area contributed by atoms with Crippen molar-refractivity contribution in [1.82, 2.24) is 24.6 Å². The Hall–Kier alpha value is -2.34. The van der Waals surface area contributed by atoms with Crippen LogP contribution in [0.1, 0.15) is 11.4 Å². The second-order valence-corrected chi connectivity index (χ2v) is 5.47. The third kappa shape index (κ3) is 3.22. The lowest BCUT2D eigenvalue weighted by Gasteiger charge is -2.14. The van der Waals surface area contributed by atoms with Gasteiger partial charge in [-0.25, -0.2) is 4.98 Å². The predicted molar refractivity (Wildman–Crippen MR) is 83.8 cm³/mol. The molecular weight excluding hydrogens is 264 g/mol. The number of rotatable bonds is 5. The maximum absolute atomic E-state index is 5.78. The minimum Gasteiger partial charge on any atom is -0.399 e. The molecule has 0 unspecified atom stereocenters. The number of fused-ring (bicyclic) bond motifs is 1. The summed E-state index contributed by atoms with van der Waals surface area (Å²) in [6.07, 6.45) is 4.83. The first-order valence-electron chi connectivity index (χ1n) is 7.00. The van der Waals surface area contributed by atoms with Gasteiger partial charge in [0.2, 0.25) is 0 Å². The Morgan fingerprint density at radius 3 is 3.00 bits per heavy atom. The molecule has 0 atom stereocenters. The van der Waals surface area contributed by atoms with E-state index < -0.39 is 0 Å². The molecule has 0 aliphatic heterocycles. The fourth-order valence-electron chi connectivity index (χ4n) is 2.44. The first kappa shape index (κ1) is 13.6. The number of hydrogen-bond acceptors (Lipinski definition) is 4. The van der Waals surface area contributed by atoms with E-state index in [0.29, 0.717) is 0 Å². The number of aryl methyl sites for hydroxylation is 1. The van der Waals surface area contributed by atoms with Crippen LogP contribution in [0.4, 0.5) is 5.69 Å². The molecule has 0 amide bonds. The summed E-state index contributed by atoms with van der Waals surface area (Å²) < 4.78 is 1.83. The molecule has 3 N–H and O–H groups in total. The molecule has 0 spiro atoms. The monoisotopic (exact) mass is 284 g/mol. The highest BCUT2D eigenvalue weighted by molar-refractivity contribution is 5.78. The van der Waals surface area contributed by atoms with E-state index in [1.165, 1.54) is 5.56 Å². The van der Waals surface area contributed by atoms with Crippen molar-refractivity contribution in [3.05, 3.63) is 42.0 Å². The summed E-state index contributed by atoms with van der Waals surface area (Å²) >= 11 is 0. The molecule has 3 aromatic rings. The van der Waals surface area contributed by atoms with E-state index in [0.717, 1.165) is 42.1 Å². The number of benzene rings is 1. The molecule has 2 aromatic heterocycles. The van der Waals surface area contributed by atoms with Crippen LogP contribution >= 0.6 is 0 Å². The number of aromatic amines is 1. The summed E-state index contributed by atoms with van der Waals surface area (Å²) in [4.78, 5) is 10.2. The van der Waals surface area contributed by atoms with Crippen LogP contribution in [0.15, 0.2) is 30.6 Å². The Bertz CT molecular complexity index is 742. The number of nitrogens with zero attached hydrogens (tertiary/aromatic N) is 4. The van der Waals surface area contributed by atoms with E-state index >= 15 is 0 Å². The van der Waals surface area contributed by atoms with Crippen molar-refractivity contribution in [3.63, 3.8) is 0 Å². The Kier molecular flexibility index (Phi) is 3.62. The van der Waals surface area contributed by atoms with Gasteiger partial charge in [0.05, 0.1) is 17.2 Å². The molecule has 6 heteroatoms. The highest BCUT2D eigenvalue weighted by Gasteiger charge is 2.06. The number of nitrogen functional groups attached to an aromatic ring is 1. The van der Waals surface area contributed by atoms with E-state index in [1.807, 2.05) is 42.3 Å². The molecule has 3 rings (SSSR count). The smallest absolute Gasteiger partial charge is 0.108 e. The van der Waals surface area contributed by atoms with E-state index in [2.05, 4.69) is 27.0 Å². The number of hydrogen-bond donors (Lipinski definition) is 2. The molecule has 0 radical (unpaired) electrons. The van der Waals surface area contributed by atoms with Gasteiger partial charge in [0.25, 0.3) is 0 Å². The van der Waals surface area contributed by atoms with Crippen molar-refractivity contribution >= 4 is 16.7 Å². The van der Waals surface area contributed by atoms with Gasteiger partial charge in [-0.05, 0) is 25.2 Å². The number of anilines is 1. The first-order valence-corrected chi connectivity index (χ1v) is 7.00. The molecule has 21 heavy (non-hydrogen) atoms. The van der Waals surface area contributed by atoms with Gasteiger partial charge in [-0.1, -0.05) is 0 Å². The normalized spacial score (nSPS) is 11.6. The van der Waals surface area contributed by atoms with E-state index in [4.69, 9.17) is 5.73 Å². The number of H-pyrrole nitrogens is 1. The number of imidazole rings is 1. The van der Waals surface area contributed by atoms with Crippen molar-refractivity contribution in [1.29, 1.82) is 0 Å². The summed E-state index contributed by atoms with van der Waals surface area (Å²) in [6, 6.07) is 5.75. The van der Waals surface area contributed by atoms with Crippen LogP contribution < -0.4 is 5.73 Å². The Morgan fingerprint density at radius 2 is 2.24 bits per heavy atom. The quantitative estimate of drug-likeness (QED) is 0.697. The van der Waals surface area contributed by atoms with Crippen molar-refractivity contribution in [2.75, 3.05) is 19.3 Å². The fourth-order valence-corrected chi connectivity index (χ4v) is 2.44. The Morgan fingerprint density at radius 1 is 1.38 bits per heavy atom. The standard InChI is InChI=1S/C15H20N6/c1-20(9-11-8-17-21(2)10-11)6-5-15-18-13-4-3-12(16)7-14(13)19-15/h3-4,7-8,10H,5-6,9,16H2,1-2H3,(H,18,19). The van der Waals surface area contributed by atoms with Crippen LogP contribution in [-0.4, -0.2) is 38.2 Å². The molecule has 0 saturated heterocycles. The molecule has 0 aliphatic carbocycles. The highest BCUT2D eigenvalue weighted by Crippen LogP contribution is 2.15. The number of likely N-dealkylation sites (N-methyl/N-ethyl adjacent to an activating group) is 1. The zero-order valence-corrected chi connectivity index (χ0v) is 12.4. The average Bonchev–Trinajstić information content (AvgIpc) is 3.02. The fraction of sp³-hybridized carbons (Fsp3) is 0.333. The number of aromatic nitrogens is 4. The summed E-state index contributed by atoms with van der Waals surface area (Å²) in [5, 5.41) is 4.18. The minimum absolute atomic E-state index is 0.756. The number of nitrogens with one attached hydrogen (secondary N) is 1. The van der Waals surface area contributed by atoms with Gasteiger partial charge >= 0.3 is 0 Å². The SMILES string of the molecule is CN(CCc1nc2ccc(N)cc2[nH]1)Cc1cnn(C)c1. The van der Waals surface area contributed by atoms with E-state index in [9.17, 15) is 0 Å². The minimum atomic E-state index is 0.756. The van der Waals surface area contributed by atoms with Crippen LogP contribution in [0.2, 0.25) is 0 Å². The lowest BCUT2D eigenvalue weighted by atomic mass is 10.3. The van der Waals surface area contributed by atoms with Gasteiger partial charge in [-0.3, -0.25) is 4.68 Å². The first-order chi connectivity index (χ1) is 10.1. The second-order valence-electron chi connectivity index (χ2n) is 5.47. The van der Waals surface area contributed by atoms with E-state index in [1.54, 1.807) is 0 Å². The van der Waals surface area contributed by atoms with Gasteiger partial charge in [0.1, 0.15) is 5.82 Å². The summed E-state index contributed by atoms with van der Waals surface area (Å²) in [6.45, 7) is 1.82. The van der Waals surface area contributed by atoms with Crippen LogP contribution in [0.25, 0.3) is 11.0 Å². The zero-order valence-electron chi connectivity index (χ0n) is 12.4. The van der Waals surface area contributed by atoms with Gasteiger partial charge in [0.15, 0.2) is 0 Å². The van der Waals surface area contributed by atoms with Crippen LogP contribution in [0, 0.1) is 0 Å². The number of nitrogens with two attached hydrogens (primary N) is 1.